The maximum atomic E-state index is 6.20. The van der Waals surface area contributed by atoms with Crippen LogP contribution in [0.25, 0.3) is 11.1 Å². The van der Waals surface area contributed by atoms with Gasteiger partial charge in [-0.05, 0) is 47.9 Å². The lowest BCUT2D eigenvalue weighted by atomic mass is 9.99. The van der Waals surface area contributed by atoms with Crippen LogP contribution in [-0.2, 0) is 13.0 Å². The SMILES string of the molecule is CCCc1cccc(-c2ccc(Cl)c(CNC)c2)c1. The van der Waals surface area contributed by atoms with Crippen LogP contribution in [0.15, 0.2) is 42.5 Å². The molecule has 0 bridgehead atoms. The van der Waals surface area contributed by atoms with Gasteiger partial charge in [-0.2, -0.15) is 0 Å². The Kier molecular flexibility index (Phi) is 5.00. The highest BCUT2D eigenvalue weighted by Crippen LogP contribution is 2.26. The third-order valence-corrected chi connectivity index (χ3v) is 3.58. The molecular weight excluding hydrogens is 254 g/mol. The third kappa shape index (κ3) is 3.59. The first-order chi connectivity index (χ1) is 9.24. The van der Waals surface area contributed by atoms with Gasteiger partial charge in [-0.15, -0.1) is 0 Å². The molecule has 1 nitrogen and oxygen atoms in total. The molecule has 0 aromatic heterocycles. The maximum Gasteiger partial charge on any atom is 0.0451 e. The van der Waals surface area contributed by atoms with Crippen LogP contribution in [0.1, 0.15) is 24.5 Å². The van der Waals surface area contributed by atoms with E-state index in [1.807, 2.05) is 13.1 Å². The molecule has 0 saturated heterocycles. The first kappa shape index (κ1) is 14.1. The quantitative estimate of drug-likeness (QED) is 0.834. The van der Waals surface area contributed by atoms with E-state index in [4.69, 9.17) is 11.6 Å². The molecule has 100 valence electrons. The second-order valence-corrected chi connectivity index (χ2v) is 5.19. The van der Waals surface area contributed by atoms with Crippen LogP contribution >= 0.6 is 11.6 Å². The van der Waals surface area contributed by atoms with Crippen molar-refractivity contribution >= 4 is 11.6 Å². The monoisotopic (exact) mass is 273 g/mol. The molecule has 0 heterocycles. The van der Waals surface area contributed by atoms with Gasteiger partial charge in [-0.25, -0.2) is 0 Å². The molecule has 0 fully saturated rings. The van der Waals surface area contributed by atoms with Crippen molar-refractivity contribution < 1.29 is 0 Å². The molecule has 0 saturated carbocycles. The van der Waals surface area contributed by atoms with E-state index >= 15 is 0 Å². The Morgan fingerprint density at radius 1 is 1.05 bits per heavy atom. The van der Waals surface area contributed by atoms with Gasteiger partial charge in [0.15, 0.2) is 0 Å². The molecule has 2 aromatic rings. The zero-order valence-corrected chi connectivity index (χ0v) is 12.3. The molecule has 0 unspecified atom stereocenters. The van der Waals surface area contributed by atoms with Crippen molar-refractivity contribution in [3.05, 3.63) is 58.6 Å². The Bertz CT molecular complexity index is 549. The van der Waals surface area contributed by atoms with Crippen LogP contribution < -0.4 is 5.32 Å². The van der Waals surface area contributed by atoms with E-state index in [1.165, 1.54) is 23.1 Å². The van der Waals surface area contributed by atoms with E-state index in [1.54, 1.807) is 0 Å². The van der Waals surface area contributed by atoms with Gasteiger partial charge in [0, 0.05) is 11.6 Å². The Balaban J connectivity index is 2.35. The Hall–Kier alpha value is -1.31. The summed E-state index contributed by atoms with van der Waals surface area (Å²) in [5.41, 5.74) is 5.03. The molecule has 2 heteroatoms. The van der Waals surface area contributed by atoms with E-state index in [-0.39, 0.29) is 0 Å². The topological polar surface area (TPSA) is 12.0 Å². The van der Waals surface area contributed by atoms with Crippen molar-refractivity contribution in [2.75, 3.05) is 7.05 Å². The van der Waals surface area contributed by atoms with Crippen LogP contribution in [0.4, 0.5) is 0 Å². The number of benzene rings is 2. The minimum atomic E-state index is 0.793. The summed E-state index contributed by atoms with van der Waals surface area (Å²) in [6.07, 6.45) is 2.31. The lowest BCUT2D eigenvalue weighted by Crippen LogP contribution is -2.05. The summed E-state index contributed by atoms with van der Waals surface area (Å²) in [6.45, 7) is 3.00. The average Bonchev–Trinajstić information content (AvgIpc) is 2.42. The van der Waals surface area contributed by atoms with Gasteiger partial charge in [0.1, 0.15) is 0 Å². The predicted molar refractivity (Wildman–Crippen MR) is 83.6 cm³/mol. The highest BCUT2D eigenvalue weighted by Gasteiger charge is 2.04. The van der Waals surface area contributed by atoms with E-state index in [9.17, 15) is 0 Å². The van der Waals surface area contributed by atoms with E-state index in [0.717, 1.165) is 23.6 Å². The number of aryl methyl sites for hydroxylation is 1. The Labute approximate surface area is 120 Å². The molecule has 0 atom stereocenters. The summed E-state index contributed by atoms with van der Waals surface area (Å²) in [7, 11) is 1.94. The first-order valence-corrected chi connectivity index (χ1v) is 7.14. The molecule has 1 N–H and O–H groups in total. The maximum absolute atomic E-state index is 6.20. The molecule has 0 aliphatic carbocycles. The molecule has 0 radical (unpaired) electrons. The standard InChI is InChI=1S/C17H20ClN/c1-3-5-13-6-4-7-14(10-13)15-8-9-17(18)16(11-15)12-19-2/h4,6-11,19H,3,5,12H2,1-2H3. The summed E-state index contributed by atoms with van der Waals surface area (Å²) in [5, 5.41) is 3.97. The number of hydrogen-bond acceptors (Lipinski definition) is 1. The summed E-state index contributed by atoms with van der Waals surface area (Å²) >= 11 is 6.20. The van der Waals surface area contributed by atoms with E-state index in [0.29, 0.717) is 0 Å². The molecular formula is C17H20ClN. The van der Waals surface area contributed by atoms with Gasteiger partial charge in [0.2, 0.25) is 0 Å². The Morgan fingerprint density at radius 3 is 2.58 bits per heavy atom. The molecule has 0 aliphatic heterocycles. The molecule has 0 amide bonds. The van der Waals surface area contributed by atoms with Crippen LogP contribution in [0.5, 0.6) is 0 Å². The molecule has 19 heavy (non-hydrogen) atoms. The number of nitrogens with one attached hydrogen (secondary N) is 1. The van der Waals surface area contributed by atoms with Gasteiger partial charge in [-0.1, -0.05) is 55.3 Å². The van der Waals surface area contributed by atoms with Gasteiger partial charge in [0.25, 0.3) is 0 Å². The fourth-order valence-electron chi connectivity index (χ4n) is 2.28. The summed E-state index contributed by atoms with van der Waals surface area (Å²) < 4.78 is 0. The second-order valence-electron chi connectivity index (χ2n) is 4.79. The molecule has 0 spiro atoms. The van der Waals surface area contributed by atoms with Crippen molar-refractivity contribution in [1.29, 1.82) is 0 Å². The highest BCUT2D eigenvalue weighted by atomic mass is 35.5. The van der Waals surface area contributed by atoms with E-state index in [2.05, 4.69) is 48.6 Å². The lowest BCUT2D eigenvalue weighted by molar-refractivity contribution is 0.818. The predicted octanol–water partition coefficient (Wildman–Crippen LogP) is 4.68. The van der Waals surface area contributed by atoms with Crippen molar-refractivity contribution in [3.63, 3.8) is 0 Å². The Morgan fingerprint density at radius 2 is 1.84 bits per heavy atom. The van der Waals surface area contributed by atoms with Gasteiger partial charge in [-0.3, -0.25) is 0 Å². The van der Waals surface area contributed by atoms with Crippen LogP contribution in [0, 0.1) is 0 Å². The van der Waals surface area contributed by atoms with Crippen LogP contribution in [-0.4, -0.2) is 7.05 Å². The fraction of sp³-hybridized carbons (Fsp3) is 0.294. The van der Waals surface area contributed by atoms with Gasteiger partial charge >= 0.3 is 0 Å². The molecule has 2 aromatic carbocycles. The highest BCUT2D eigenvalue weighted by molar-refractivity contribution is 6.31. The summed E-state index contributed by atoms with van der Waals surface area (Å²) in [6, 6.07) is 15.0. The van der Waals surface area contributed by atoms with Crippen molar-refractivity contribution in [1.82, 2.24) is 5.32 Å². The van der Waals surface area contributed by atoms with Gasteiger partial charge < -0.3 is 5.32 Å². The number of halogens is 1. The minimum absolute atomic E-state index is 0.793. The van der Waals surface area contributed by atoms with Crippen LogP contribution in [0.2, 0.25) is 5.02 Å². The number of hydrogen-bond donors (Lipinski definition) is 1. The normalized spacial score (nSPS) is 10.7. The lowest BCUT2D eigenvalue weighted by Gasteiger charge is -2.09. The first-order valence-electron chi connectivity index (χ1n) is 6.77. The van der Waals surface area contributed by atoms with Gasteiger partial charge in [0.05, 0.1) is 0 Å². The zero-order chi connectivity index (χ0) is 13.7. The smallest absolute Gasteiger partial charge is 0.0451 e. The van der Waals surface area contributed by atoms with Crippen molar-refractivity contribution in [3.8, 4) is 11.1 Å². The summed E-state index contributed by atoms with van der Waals surface area (Å²) in [4.78, 5) is 0. The minimum Gasteiger partial charge on any atom is -0.316 e. The molecule has 0 aliphatic rings. The average molecular weight is 274 g/mol. The van der Waals surface area contributed by atoms with E-state index < -0.39 is 0 Å². The molecule has 2 rings (SSSR count). The second kappa shape index (κ2) is 6.74. The largest absolute Gasteiger partial charge is 0.316 e. The van der Waals surface area contributed by atoms with Crippen LogP contribution in [0.3, 0.4) is 0 Å². The summed E-state index contributed by atoms with van der Waals surface area (Å²) in [5.74, 6) is 0. The number of rotatable bonds is 5. The van der Waals surface area contributed by atoms with Crippen molar-refractivity contribution in [2.45, 2.75) is 26.3 Å². The fourth-order valence-corrected chi connectivity index (χ4v) is 2.46. The van der Waals surface area contributed by atoms with Crippen molar-refractivity contribution in [2.24, 2.45) is 0 Å². The zero-order valence-electron chi connectivity index (χ0n) is 11.5. The third-order valence-electron chi connectivity index (χ3n) is 3.21.